The molecule has 0 aliphatic rings. The quantitative estimate of drug-likeness (QED) is 0.871. The fourth-order valence-corrected chi connectivity index (χ4v) is 1.90. The average Bonchev–Trinajstić information content (AvgIpc) is 2.39. The van der Waals surface area contributed by atoms with Gasteiger partial charge >= 0.3 is 0 Å². The summed E-state index contributed by atoms with van der Waals surface area (Å²) in [5, 5.41) is 12.3. The molecule has 0 saturated carbocycles. The van der Waals surface area contributed by atoms with Gasteiger partial charge in [0.25, 0.3) is 0 Å². The second kappa shape index (κ2) is 5.60. The number of benzene rings is 1. The lowest BCUT2D eigenvalue weighted by Gasteiger charge is -2.17. The van der Waals surface area contributed by atoms with Crippen LogP contribution < -0.4 is 5.32 Å². The fraction of sp³-hybridized carbons (Fsp3) is 0.214. The van der Waals surface area contributed by atoms with Crippen molar-refractivity contribution in [3.05, 3.63) is 59.7 Å². The van der Waals surface area contributed by atoms with Crippen molar-refractivity contribution in [1.29, 1.82) is 0 Å². The number of rotatable bonds is 4. The van der Waals surface area contributed by atoms with Gasteiger partial charge in [0.15, 0.2) is 0 Å². The predicted molar refractivity (Wildman–Crippen MR) is 67.8 cm³/mol. The Labute approximate surface area is 105 Å². The highest BCUT2D eigenvalue weighted by molar-refractivity contribution is 5.28. The van der Waals surface area contributed by atoms with E-state index in [1.165, 1.54) is 6.20 Å². The zero-order chi connectivity index (χ0) is 13.0. The zero-order valence-corrected chi connectivity index (χ0v) is 10.1. The number of nitrogens with zero attached hydrogens (tertiary/aromatic N) is 1. The molecule has 2 N–H and O–H groups in total. The highest BCUT2D eigenvalue weighted by Crippen LogP contribution is 2.21. The number of phenolic OH excluding ortho intramolecular Hbond substituents is 1. The number of likely N-dealkylation sites (N-methyl/N-ethyl adjacent to an activating group) is 1. The smallest absolute Gasteiger partial charge is 0.146 e. The average molecular weight is 246 g/mol. The van der Waals surface area contributed by atoms with E-state index in [2.05, 4.69) is 10.3 Å². The Morgan fingerprint density at radius 3 is 2.61 bits per heavy atom. The minimum absolute atomic E-state index is 0.113. The molecule has 2 aromatic rings. The van der Waals surface area contributed by atoms with Crippen LogP contribution in [0.25, 0.3) is 0 Å². The first-order valence-corrected chi connectivity index (χ1v) is 5.75. The number of nitrogens with one attached hydrogen (secondary N) is 1. The van der Waals surface area contributed by atoms with Gasteiger partial charge in [-0.2, -0.15) is 0 Å². The molecule has 0 spiro atoms. The lowest BCUT2D eigenvalue weighted by Crippen LogP contribution is -2.20. The van der Waals surface area contributed by atoms with Gasteiger partial charge < -0.3 is 10.4 Å². The summed E-state index contributed by atoms with van der Waals surface area (Å²) in [7, 11) is 1.80. The van der Waals surface area contributed by atoms with Crippen LogP contribution in [0.2, 0.25) is 0 Å². The van der Waals surface area contributed by atoms with E-state index in [4.69, 9.17) is 0 Å². The number of halogens is 1. The van der Waals surface area contributed by atoms with Crippen LogP contribution in [0.4, 0.5) is 4.39 Å². The molecular formula is C14H15FN2O. The fourth-order valence-electron chi connectivity index (χ4n) is 1.90. The van der Waals surface area contributed by atoms with Crippen molar-refractivity contribution < 1.29 is 9.50 Å². The van der Waals surface area contributed by atoms with Crippen LogP contribution >= 0.6 is 0 Å². The summed E-state index contributed by atoms with van der Waals surface area (Å²) in [4.78, 5) is 3.74. The maximum atomic E-state index is 13.7. The zero-order valence-electron chi connectivity index (χ0n) is 10.1. The van der Waals surface area contributed by atoms with E-state index in [1.54, 1.807) is 31.4 Å². The van der Waals surface area contributed by atoms with Crippen molar-refractivity contribution in [2.75, 3.05) is 7.05 Å². The van der Waals surface area contributed by atoms with Crippen molar-refractivity contribution in [3.8, 4) is 5.75 Å². The molecule has 0 aliphatic heterocycles. The molecule has 0 fully saturated rings. The van der Waals surface area contributed by atoms with Crippen LogP contribution in [0.3, 0.4) is 0 Å². The third-order valence-electron chi connectivity index (χ3n) is 2.90. The Kier molecular flexibility index (Phi) is 3.89. The predicted octanol–water partition coefficient (Wildman–Crippen LogP) is 2.43. The Bertz CT molecular complexity index is 513. The standard InChI is InChI=1S/C14H15FN2O/c1-16-14(12-6-7-17-9-13(12)15)8-10-2-4-11(18)5-3-10/h2-7,9,14,16,18H,8H2,1H3. The van der Waals surface area contributed by atoms with Gasteiger partial charge in [-0.3, -0.25) is 4.98 Å². The molecule has 0 bridgehead atoms. The Morgan fingerprint density at radius 2 is 2.00 bits per heavy atom. The minimum atomic E-state index is -0.310. The molecule has 1 unspecified atom stereocenters. The number of hydrogen-bond acceptors (Lipinski definition) is 3. The molecule has 1 aromatic heterocycles. The maximum absolute atomic E-state index is 13.7. The van der Waals surface area contributed by atoms with Crippen molar-refractivity contribution in [1.82, 2.24) is 10.3 Å². The summed E-state index contributed by atoms with van der Waals surface area (Å²) < 4.78 is 13.7. The first-order chi connectivity index (χ1) is 8.70. The lowest BCUT2D eigenvalue weighted by atomic mass is 9.99. The third-order valence-corrected chi connectivity index (χ3v) is 2.90. The van der Waals surface area contributed by atoms with Gasteiger partial charge in [-0.1, -0.05) is 12.1 Å². The monoisotopic (exact) mass is 246 g/mol. The van der Waals surface area contributed by atoms with Gasteiger partial charge in [0, 0.05) is 17.8 Å². The molecule has 1 aromatic carbocycles. The van der Waals surface area contributed by atoms with E-state index in [-0.39, 0.29) is 17.6 Å². The summed E-state index contributed by atoms with van der Waals surface area (Å²) in [6, 6.07) is 8.49. The van der Waals surface area contributed by atoms with Crippen LogP contribution in [-0.2, 0) is 6.42 Å². The number of hydrogen-bond donors (Lipinski definition) is 2. The van der Waals surface area contributed by atoms with Gasteiger partial charge in [0.1, 0.15) is 11.6 Å². The van der Waals surface area contributed by atoms with Crippen molar-refractivity contribution in [2.24, 2.45) is 0 Å². The molecule has 0 amide bonds. The summed E-state index contributed by atoms with van der Waals surface area (Å²) in [5.74, 6) is -0.0783. The normalized spacial score (nSPS) is 12.3. The van der Waals surface area contributed by atoms with E-state index in [0.29, 0.717) is 12.0 Å². The van der Waals surface area contributed by atoms with Gasteiger partial charge in [0.05, 0.1) is 6.20 Å². The molecular weight excluding hydrogens is 231 g/mol. The van der Waals surface area contributed by atoms with Gasteiger partial charge in [0.2, 0.25) is 0 Å². The van der Waals surface area contributed by atoms with Gasteiger partial charge in [-0.25, -0.2) is 4.39 Å². The van der Waals surface area contributed by atoms with E-state index in [9.17, 15) is 9.50 Å². The Balaban J connectivity index is 2.20. The number of aromatic hydroxyl groups is 1. The molecule has 2 rings (SSSR count). The Hall–Kier alpha value is -1.94. The number of phenols is 1. The highest BCUT2D eigenvalue weighted by atomic mass is 19.1. The molecule has 4 heteroatoms. The van der Waals surface area contributed by atoms with E-state index in [0.717, 1.165) is 5.56 Å². The molecule has 0 radical (unpaired) electrons. The summed E-state index contributed by atoms with van der Waals surface area (Å²) in [5.41, 5.74) is 1.63. The second-order valence-corrected chi connectivity index (χ2v) is 4.11. The largest absolute Gasteiger partial charge is 0.508 e. The SMILES string of the molecule is CNC(Cc1ccc(O)cc1)c1ccncc1F. The number of pyridine rings is 1. The summed E-state index contributed by atoms with van der Waals surface area (Å²) in [6.45, 7) is 0. The van der Waals surface area contributed by atoms with E-state index in [1.807, 2.05) is 12.1 Å². The van der Waals surface area contributed by atoms with Crippen LogP contribution in [0.15, 0.2) is 42.7 Å². The third kappa shape index (κ3) is 2.84. The molecule has 0 saturated heterocycles. The second-order valence-electron chi connectivity index (χ2n) is 4.11. The molecule has 3 nitrogen and oxygen atoms in total. The molecule has 1 heterocycles. The molecule has 0 aliphatic carbocycles. The summed E-state index contributed by atoms with van der Waals surface area (Å²) >= 11 is 0. The topological polar surface area (TPSA) is 45.1 Å². The molecule has 1 atom stereocenters. The van der Waals surface area contributed by atoms with Crippen LogP contribution in [0, 0.1) is 5.82 Å². The van der Waals surface area contributed by atoms with Crippen molar-refractivity contribution in [3.63, 3.8) is 0 Å². The van der Waals surface area contributed by atoms with Crippen molar-refractivity contribution >= 4 is 0 Å². The van der Waals surface area contributed by atoms with Gasteiger partial charge in [-0.05, 0) is 37.2 Å². The first kappa shape index (κ1) is 12.5. The van der Waals surface area contributed by atoms with E-state index < -0.39 is 0 Å². The van der Waals surface area contributed by atoms with E-state index >= 15 is 0 Å². The highest BCUT2D eigenvalue weighted by Gasteiger charge is 2.14. The molecule has 94 valence electrons. The number of aromatic nitrogens is 1. The van der Waals surface area contributed by atoms with Crippen LogP contribution in [0.5, 0.6) is 5.75 Å². The molecule has 18 heavy (non-hydrogen) atoms. The van der Waals surface area contributed by atoms with Crippen LogP contribution in [0.1, 0.15) is 17.2 Å². The first-order valence-electron chi connectivity index (χ1n) is 5.75. The van der Waals surface area contributed by atoms with Crippen LogP contribution in [-0.4, -0.2) is 17.1 Å². The maximum Gasteiger partial charge on any atom is 0.146 e. The summed E-state index contributed by atoms with van der Waals surface area (Å²) in [6.07, 6.45) is 3.45. The van der Waals surface area contributed by atoms with Gasteiger partial charge in [-0.15, -0.1) is 0 Å². The Morgan fingerprint density at radius 1 is 1.28 bits per heavy atom. The lowest BCUT2D eigenvalue weighted by molar-refractivity contribution is 0.474. The minimum Gasteiger partial charge on any atom is -0.508 e. The van der Waals surface area contributed by atoms with Crippen molar-refractivity contribution in [2.45, 2.75) is 12.5 Å².